The molecular weight excluding hydrogens is 406 g/mol. The van der Waals surface area contributed by atoms with E-state index in [1.807, 2.05) is 29.2 Å². The van der Waals surface area contributed by atoms with E-state index in [0.717, 1.165) is 24.5 Å². The molecule has 1 saturated heterocycles. The lowest BCUT2D eigenvalue weighted by Gasteiger charge is -2.36. The summed E-state index contributed by atoms with van der Waals surface area (Å²) in [5, 5.41) is 0. The van der Waals surface area contributed by atoms with Crippen LogP contribution in [0.4, 0.5) is 5.69 Å². The monoisotopic (exact) mass is 431 g/mol. The van der Waals surface area contributed by atoms with Crippen molar-refractivity contribution in [2.75, 3.05) is 38.2 Å². The minimum Gasteiger partial charge on any atom is -0.495 e. The largest absolute Gasteiger partial charge is 0.495 e. The zero-order chi connectivity index (χ0) is 22.5. The van der Waals surface area contributed by atoms with E-state index in [1.165, 1.54) is 0 Å². The number of methoxy groups -OCH3 is 1. The Bertz CT molecular complexity index is 1090. The van der Waals surface area contributed by atoms with Crippen LogP contribution in [-0.4, -0.2) is 50.0 Å². The highest BCUT2D eigenvalue weighted by atomic mass is 16.5. The number of amides is 2. The number of para-hydroxylation sites is 2. The maximum absolute atomic E-state index is 12.9. The molecule has 1 aliphatic heterocycles. The maximum atomic E-state index is 12.9. The Hall–Kier alpha value is -4.00. The molecule has 32 heavy (non-hydrogen) atoms. The third-order valence-electron chi connectivity index (χ3n) is 5.47. The summed E-state index contributed by atoms with van der Waals surface area (Å²) < 4.78 is 11.2. The Morgan fingerprint density at radius 3 is 1.91 bits per heavy atom. The van der Waals surface area contributed by atoms with E-state index in [1.54, 1.807) is 55.6 Å². The number of hydrogen-bond donors (Lipinski definition) is 1. The van der Waals surface area contributed by atoms with Gasteiger partial charge in [-0.05, 0) is 60.7 Å². The first-order valence-corrected chi connectivity index (χ1v) is 10.4. The fourth-order valence-corrected chi connectivity index (χ4v) is 3.71. The molecule has 0 atom stereocenters. The molecule has 2 amide bonds. The van der Waals surface area contributed by atoms with Crippen LogP contribution in [0.25, 0.3) is 0 Å². The van der Waals surface area contributed by atoms with Crippen LogP contribution in [0.15, 0.2) is 72.8 Å². The molecule has 3 aromatic carbocycles. The Morgan fingerprint density at radius 2 is 1.34 bits per heavy atom. The van der Waals surface area contributed by atoms with Gasteiger partial charge in [0.05, 0.1) is 12.8 Å². The Morgan fingerprint density at radius 1 is 0.781 bits per heavy atom. The van der Waals surface area contributed by atoms with Crippen LogP contribution in [0.5, 0.6) is 17.2 Å². The zero-order valence-electron chi connectivity index (χ0n) is 17.9. The molecule has 164 valence electrons. The van der Waals surface area contributed by atoms with Crippen molar-refractivity contribution in [3.05, 3.63) is 83.9 Å². The number of piperazine rings is 1. The fraction of sp³-hybridized carbons (Fsp3) is 0.200. The number of nitrogens with two attached hydrogens (primary N) is 1. The van der Waals surface area contributed by atoms with Crippen molar-refractivity contribution in [1.82, 2.24) is 4.90 Å². The third kappa shape index (κ3) is 4.67. The van der Waals surface area contributed by atoms with Crippen molar-refractivity contribution >= 4 is 17.5 Å². The molecule has 0 radical (unpaired) electrons. The van der Waals surface area contributed by atoms with Crippen molar-refractivity contribution in [3.8, 4) is 17.2 Å². The van der Waals surface area contributed by atoms with E-state index >= 15 is 0 Å². The van der Waals surface area contributed by atoms with Crippen LogP contribution in [0, 0.1) is 0 Å². The molecule has 0 bridgehead atoms. The number of primary amides is 1. The SMILES string of the molecule is COc1ccccc1N1CCN(C(=O)c2ccc(Oc3ccc(C(N)=O)cc3)cc2)CC1. The molecule has 7 heteroatoms. The Balaban J connectivity index is 1.35. The molecule has 3 aromatic rings. The second-order valence-electron chi connectivity index (χ2n) is 7.47. The predicted octanol–water partition coefficient (Wildman–Crippen LogP) is 3.55. The van der Waals surface area contributed by atoms with Crippen molar-refractivity contribution in [1.29, 1.82) is 0 Å². The normalized spacial score (nSPS) is 13.5. The molecule has 1 fully saturated rings. The average molecular weight is 431 g/mol. The highest BCUT2D eigenvalue weighted by Gasteiger charge is 2.23. The second-order valence-corrected chi connectivity index (χ2v) is 7.47. The molecule has 2 N–H and O–H groups in total. The van der Waals surface area contributed by atoms with Crippen LogP contribution in [-0.2, 0) is 0 Å². The van der Waals surface area contributed by atoms with Crippen molar-refractivity contribution < 1.29 is 19.1 Å². The summed E-state index contributed by atoms with van der Waals surface area (Å²) >= 11 is 0. The van der Waals surface area contributed by atoms with Crippen molar-refractivity contribution in [3.63, 3.8) is 0 Å². The number of ether oxygens (including phenoxy) is 2. The number of nitrogens with zero attached hydrogens (tertiary/aromatic N) is 2. The molecule has 0 spiro atoms. The van der Waals surface area contributed by atoms with Gasteiger partial charge in [-0.25, -0.2) is 0 Å². The van der Waals surface area contributed by atoms with Gasteiger partial charge in [0.15, 0.2) is 0 Å². The van der Waals surface area contributed by atoms with Gasteiger partial charge in [0.1, 0.15) is 17.2 Å². The van der Waals surface area contributed by atoms with E-state index in [0.29, 0.717) is 35.7 Å². The van der Waals surface area contributed by atoms with Gasteiger partial charge in [-0.3, -0.25) is 9.59 Å². The molecule has 4 rings (SSSR count). The smallest absolute Gasteiger partial charge is 0.253 e. The van der Waals surface area contributed by atoms with E-state index in [4.69, 9.17) is 15.2 Å². The van der Waals surface area contributed by atoms with E-state index in [-0.39, 0.29) is 5.91 Å². The predicted molar refractivity (Wildman–Crippen MR) is 123 cm³/mol. The lowest BCUT2D eigenvalue weighted by molar-refractivity contribution is 0.0746. The van der Waals surface area contributed by atoms with Crippen LogP contribution in [0.2, 0.25) is 0 Å². The van der Waals surface area contributed by atoms with Crippen LogP contribution in [0.1, 0.15) is 20.7 Å². The van der Waals surface area contributed by atoms with Crippen LogP contribution < -0.4 is 20.1 Å². The standard InChI is InChI=1S/C25H25N3O4/c1-31-23-5-3-2-4-22(23)27-14-16-28(17-15-27)25(30)19-8-12-21(13-9-19)32-20-10-6-18(7-11-20)24(26)29/h2-13H,14-17H2,1H3,(H2,26,29). The number of rotatable bonds is 6. The summed E-state index contributed by atoms with van der Waals surface area (Å²) in [6.07, 6.45) is 0. The summed E-state index contributed by atoms with van der Waals surface area (Å²) in [6.45, 7) is 2.77. The lowest BCUT2D eigenvalue weighted by Crippen LogP contribution is -2.48. The molecule has 0 aliphatic carbocycles. The first-order valence-electron chi connectivity index (χ1n) is 10.4. The molecule has 0 unspecified atom stereocenters. The van der Waals surface area contributed by atoms with Crippen molar-refractivity contribution in [2.24, 2.45) is 5.73 Å². The summed E-state index contributed by atoms with van der Waals surface area (Å²) in [5.41, 5.74) is 7.34. The molecule has 7 nitrogen and oxygen atoms in total. The first kappa shape index (κ1) is 21.2. The number of carbonyl (C=O) groups excluding carboxylic acids is 2. The minimum absolute atomic E-state index is 0.00189. The summed E-state index contributed by atoms with van der Waals surface area (Å²) in [4.78, 5) is 28.2. The lowest BCUT2D eigenvalue weighted by atomic mass is 10.1. The van der Waals surface area contributed by atoms with Gasteiger partial charge in [0, 0.05) is 37.3 Å². The van der Waals surface area contributed by atoms with Gasteiger partial charge in [0.25, 0.3) is 5.91 Å². The molecule has 1 heterocycles. The topological polar surface area (TPSA) is 85.1 Å². The molecule has 0 aromatic heterocycles. The first-order chi connectivity index (χ1) is 15.5. The summed E-state index contributed by atoms with van der Waals surface area (Å²) in [7, 11) is 1.67. The Kier molecular flexibility index (Phi) is 6.26. The van der Waals surface area contributed by atoms with Gasteiger partial charge >= 0.3 is 0 Å². The zero-order valence-corrected chi connectivity index (χ0v) is 17.9. The number of hydrogen-bond acceptors (Lipinski definition) is 5. The number of carbonyl (C=O) groups is 2. The number of benzene rings is 3. The molecule has 0 saturated carbocycles. The molecule has 1 aliphatic rings. The van der Waals surface area contributed by atoms with E-state index in [2.05, 4.69) is 4.90 Å². The second kappa shape index (κ2) is 9.43. The van der Waals surface area contributed by atoms with Gasteiger partial charge in [0.2, 0.25) is 5.91 Å². The van der Waals surface area contributed by atoms with Gasteiger partial charge in [-0.15, -0.1) is 0 Å². The summed E-state index contributed by atoms with van der Waals surface area (Å²) in [5.74, 6) is 1.55. The highest BCUT2D eigenvalue weighted by molar-refractivity contribution is 5.94. The highest BCUT2D eigenvalue weighted by Crippen LogP contribution is 2.29. The van der Waals surface area contributed by atoms with Crippen LogP contribution >= 0.6 is 0 Å². The minimum atomic E-state index is -0.483. The van der Waals surface area contributed by atoms with Crippen LogP contribution in [0.3, 0.4) is 0 Å². The fourth-order valence-electron chi connectivity index (χ4n) is 3.71. The third-order valence-corrected chi connectivity index (χ3v) is 5.47. The maximum Gasteiger partial charge on any atom is 0.253 e. The van der Waals surface area contributed by atoms with Gasteiger partial charge in [-0.1, -0.05) is 12.1 Å². The quantitative estimate of drug-likeness (QED) is 0.645. The van der Waals surface area contributed by atoms with E-state index < -0.39 is 5.91 Å². The molecular formula is C25H25N3O4. The average Bonchev–Trinajstić information content (AvgIpc) is 2.84. The Labute approximate surface area is 187 Å². The van der Waals surface area contributed by atoms with E-state index in [9.17, 15) is 9.59 Å². The van der Waals surface area contributed by atoms with Gasteiger partial charge in [-0.2, -0.15) is 0 Å². The van der Waals surface area contributed by atoms with Crippen molar-refractivity contribution in [2.45, 2.75) is 0 Å². The number of anilines is 1. The summed E-state index contributed by atoms with van der Waals surface area (Å²) in [6, 6.07) is 21.6. The van der Waals surface area contributed by atoms with Gasteiger partial charge < -0.3 is 25.0 Å².